The number of nitrogens with zero attached hydrogens (tertiary/aromatic N) is 2. The number of rotatable bonds is 2. The molecule has 2 aliphatic rings. The third kappa shape index (κ3) is 2.29. The molecular formula is C12H20N2. The van der Waals surface area contributed by atoms with Crippen molar-refractivity contribution in [1.82, 2.24) is 9.80 Å². The first-order valence-electron chi connectivity index (χ1n) is 5.80. The molecule has 1 atom stereocenters. The van der Waals surface area contributed by atoms with Crippen molar-refractivity contribution in [1.29, 1.82) is 0 Å². The highest BCUT2D eigenvalue weighted by atomic mass is 15.3. The van der Waals surface area contributed by atoms with Crippen LogP contribution in [0.1, 0.15) is 25.7 Å². The first kappa shape index (κ1) is 10.0. The molecule has 2 heterocycles. The molecule has 2 rings (SSSR count). The maximum absolute atomic E-state index is 5.30. The zero-order valence-corrected chi connectivity index (χ0v) is 8.91. The SMILES string of the molecule is C#CCCN1CCCN2CCCC2C1. The van der Waals surface area contributed by atoms with Gasteiger partial charge in [-0.3, -0.25) is 4.90 Å². The van der Waals surface area contributed by atoms with Gasteiger partial charge in [-0.05, 0) is 38.9 Å². The third-order valence-electron chi connectivity index (χ3n) is 3.46. The van der Waals surface area contributed by atoms with E-state index in [1.807, 2.05) is 0 Å². The molecule has 0 bridgehead atoms. The standard InChI is InChI=1S/C12H20N2/c1-2-3-7-13-8-5-10-14-9-4-6-12(14)11-13/h1,12H,3-11H2. The predicted octanol–water partition coefficient (Wildman–Crippen LogP) is 1.18. The van der Waals surface area contributed by atoms with Crippen molar-refractivity contribution in [3.8, 4) is 12.3 Å². The van der Waals surface area contributed by atoms with Crippen LogP contribution in [0.2, 0.25) is 0 Å². The van der Waals surface area contributed by atoms with Crippen LogP contribution in [0.4, 0.5) is 0 Å². The van der Waals surface area contributed by atoms with E-state index in [9.17, 15) is 0 Å². The van der Waals surface area contributed by atoms with Crippen LogP contribution in [-0.2, 0) is 0 Å². The van der Waals surface area contributed by atoms with Gasteiger partial charge in [0.25, 0.3) is 0 Å². The molecule has 0 aromatic rings. The van der Waals surface area contributed by atoms with Crippen molar-refractivity contribution in [3.05, 3.63) is 0 Å². The summed E-state index contributed by atoms with van der Waals surface area (Å²) >= 11 is 0. The van der Waals surface area contributed by atoms with Crippen LogP contribution in [0.5, 0.6) is 0 Å². The van der Waals surface area contributed by atoms with E-state index < -0.39 is 0 Å². The van der Waals surface area contributed by atoms with Gasteiger partial charge in [0.05, 0.1) is 0 Å². The van der Waals surface area contributed by atoms with Crippen molar-refractivity contribution >= 4 is 0 Å². The second-order valence-corrected chi connectivity index (χ2v) is 4.44. The fourth-order valence-corrected chi connectivity index (χ4v) is 2.71. The Balaban J connectivity index is 1.86. The molecule has 2 heteroatoms. The molecule has 0 aromatic heterocycles. The lowest BCUT2D eigenvalue weighted by atomic mass is 10.2. The minimum atomic E-state index is 0.829. The van der Waals surface area contributed by atoms with Crippen LogP contribution in [0.3, 0.4) is 0 Å². The summed E-state index contributed by atoms with van der Waals surface area (Å²) in [6.07, 6.45) is 10.3. The molecule has 2 fully saturated rings. The van der Waals surface area contributed by atoms with E-state index in [4.69, 9.17) is 6.42 Å². The predicted molar refractivity (Wildman–Crippen MR) is 59.1 cm³/mol. The molecular weight excluding hydrogens is 172 g/mol. The monoisotopic (exact) mass is 192 g/mol. The highest BCUT2D eigenvalue weighted by molar-refractivity contribution is 4.88. The lowest BCUT2D eigenvalue weighted by molar-refractivity contribution is 0.223. The maximum Gasteiger partial charge on any atom is 0.0223 e. The zero-order valence-electron chi connectivity index (χ0n) is 8.91. The molecule has 14 heavy (non-hydrogen) atoms. The van der Waals surface area contributed by atoms with Crippen molar-refractivity contribution < 1.29 is 0 Å². The number of hydrogen-bond acceptors (Lipinski definition) is 2. The smallest absolute Gasteiger partial charge is 0.0223 e. The molecule has 1 unspecified atom stereocenters. The molecule has 0 amide bonds. The summed E-state index contributed by atoms with van der Waals surface area (Å²) in [5.74, 6) is 2.74. The summed E-state index contributed by atoms with van der Waals surface area (Å²) in [4.78, 5) is 5.21. The van der Waals surface area contributed by atoms with Gasteiger partial charge in [-0.15, -0.1) is 12.3 Å². The minimum absolute atomic E-state index is 0.829. The summed E-state index contributed by atoms with van der Waals surface area (Å²) in [5, 5.41) is 0. The van der Waals surface area contributed by atoms with Gasteiger partial charge in [0.15, 0.2) is 0 Å². The lowest BCUT2D eigenvalue weighted by Gasteiger charge is -2.24. The lowest BCUT2D eigenvalue weighted by Crippen LogP contribution is -2.36. The molecule has 2 aliphatic heterocycles. The number of hydrogen-bond donors (Lipinski definition) is 0. The van der Waals surface area contributed by atoms with E-state index in [2.05, 4.69) is 15.7 Å². The largest absolute Gasteiger partial charge is 0.301 e. The zero-order chi connectivity index (χ0) is 9.80. The first-order chi connectivity index (χ1) is 6.90. The number of terminal acetylenes is 1. The van der Waals surface area contributed by atoms with E-state index >= 15 is 0 Å². The van der Waals surface area contributed by atoms with Gasteiger partial charge in [-0.1, -0.05) is 0 Å². The quantitative estimate of drug-likeness (QED) is 0.606. The van der Waals surface area contributed by atoms with E-state index in [0.29, 0.717) is 0 Å². The highest BCUT2D eigenvalue weighted by Crippen LogP contribution is 2.21. The molecule has 78 valence electrons. The summed E-state index contributed by atoms with van der Waals surface area (Å²) in [5.41, 5.74) is 0. The Morgan fingerprint density at radius 1 is 1.21 bits per heavy atom. The minimum Gasteiger partial charge on any atom is -0.301 e. The Bertz CT molecular complexity index is 219. The Morgan fingerprint density at radius 2 is 2.07 bits per heavy atom. The molecule has 2 nitrogen and oxygen atoms in total. The van der Waals surface area contributed by atoms with E-state index in [1.54, 1.807) is 0 Å². The summed E-state index contributed by atoms with van der Waals surface area (Å²) in [7, 11) is 0. The molecule has 0 aromatic carbocycles. The summed E-state index contributed by atoms with van der Waals surface area (Å²) < 4.78 is 0. The molecule has 0 radical (unpaired) electrons. The van der Waals surface area contributed by atoms with Crippen molar-refractivity contribution in [2.75, 3.05) is 32.7 Å². The van der Waals surface area contributed by atoms with E-state index in [0.717, 1.165) is 19.0 Å². The maximum atomic E-state index is 5.30. The van der Waals surface area contributed by atoms with Gasteiger partial charge in [-0.25, -0.2) is 0 Å². The average molecular weight is 192 g/mol. The fourth-order valence-electron chi connectivity index (χ4n) is 2.71. The van der Waals surface area contributed by atoms with E-state index in [1.165, 1.54) is 45.4 Å². The second-order valence-electron chi connectivity index (χ2n) is 4.44. The van der Waals surface area contributed by atoms with Crippen LogP contribution in [0, 0.1) is 12.3 Å². The topological polar surface area (TPSA) is 6.48 Å². The second kappa shape index (κ2) is 4.82. The Hall–Kier alpha value is -0.520. The summed E-state index contributed by atoms with van der Waals surface area (Å²) in [6.45, 7) is 6.22. The molecule has 0 N–H and O–H groups in total. The van der Waals surface area contributed by atoms with Gasteiger partial charge in [0, 0.05) is 25.6 Å². The van der Waals surface area contributed by atoms with Gasteiger partial charge in [-0.2, -0.15) is 0 Å². The fraction of sp³-hybridized carbons (Fsp3) is 0.833. The van der Waals surface area contributed by atoms with Crippen LogP contribution >= 0.6 is 0 Å². The molecule has 0 aliphatic carbocycles. The van der Waals surface area contributed by atoms with Crippen LogP contribution in [0.25, 0.3) is 0 Å². The Morgan fingerprint density at radius 3 is 2.93 bits per heavy atom. The molecule has 2 saturated heterocycles. The third-order valence-corrected chi connectivity index (χ3v) is 3.46. The molecule has 0 spiro atoms. The van der Waals surface area contributed by atoms with E-state index in [-0.39, 0.29) is 0 Å². The molecule has 0 saturated carbocycles. The van der Waals surface area contributed by atoms with Gasteiger partial charge in [0.1, 0.15) is 0 Å². The van der Waals surface area contributed by atoms with Crippen LogP contribution in [0.15, 0.2) is 0 Å². The Labute approximate surface area is 87.3 Å². The first-order valence-corrected chi connectivity index (χ1v) is 5.80. The van der Waals surface area contributed by atoms with Gasteiger partial charge >= 0.3 is 0 Å². The van der Waals surface area contributed by atoms with Crippen LogP contribution < -0.4 is 0 Å². The normalized spacial score (nSPS) is 29.5. The van der Waals surface area contributed by atoms with Crippen LogP contribution in [-0.4, -0.2) is 48.6 Å². The van der Waals surface area contributed by atoms with Gasteiger partial charge in [0.2, 0.25) is 0 Å². The average Bonchev–Trinajstić information content (AvgIpc) is 2.54. The highest BCUT2D eigenvalue weighted by Gasteiger charge is 2.28. The number of fused-ring (bicyclic) bond motifs is 1. The van der Waals surface area contributed by atoms with Gasteiger partial charge < -0.3 is 4.90 Å². The van der Waals surface area contributed by atoms with Crippen molar-refractivity contribution in [2.45, 2.75) is 31.7 Å². The summed E-state index contributed by atoms with van der Waals surface area (Å²) in [6, 6.07) is 0.829. The van der Waals surface area contributed by atoms with Crippen molar-refractivity contribution in [2.24, 2.45) is 0 Å². The Kier molecular flexibility index (Phi) is 3.44. The van der Waals surface area contributed by atoms with Crippen molar-refractivity contribution in [3.63, 3.8) is 0 Å².